The minimum Gasteiger partial charge on any atom is -0.313 e. The van der Waals surface area contributed by atoms with Crippen molar-refractivity contribution >= 4 is 10.8 Å². The van der Waals surface area contributed by atoms with Gasteiger partial charge in [0.2, 0.25) is 0 Å². The van der Waals surface area contributed by atoms with Crippen molar-refractivity contribution in [3.63, 3.8) is 0 Å². The van der Waals surface area contributed by atoms with Crippen molar-refractivity contribution in [1.82, 2.24) is 5.32 Å². The van der Waals surface area contributed by atoms with Crippen LogP contribution in [0.2, 0.25) is 0 Å². The molecular formula is C14H31NOS. The molecule has 0 amide bonds. The summed E-state index contributed by atoms with van der Waals surface area (Å²) < 4.78 is 12.1. The largest absolute Gasteiger partial charge is 0.313 e. The van der Waals surface area contributed by atoms with Crippen molar-refractivity contribution in [1.29, 1.82) is 0 Å². The average Bonchev–Trinajstić information content (AvgIpc) is 2.22. The van der Waals surface area contributed by atoms with Crippen LogP contribution in [-0.2, 0) is 10.8 Å². The van der Waals surface area contributed by atoms with E-state index >= 15 is 0 Å². The van der Waals surface area contributed by atoms with Crippen LogP contribution >= 0.6 is 0 Å². The first-order chi connectivity index (χ1) is 7.81. The highest BCUT2D eigenvalue weighted by molar-refractivity contribution is 7.85. The molecule has 0 heterocycles. The van der Waals surface area contributed by atoms with Gasteiger partial charge in [-0.2, -0.15) is 0 Å². The number of hydrogen-bond acceptors (Lipinski definition) is 2. The van der Waals surface area contributed by atoms with Gasteiger partial charge in [-0.1, -0.05) is 48.0 Å². The average molecular weight is 261 g/mol. The van der Waals surface area contributed by atoms with Crippen LogP contribution in [0.25, 0.3) is 0 Å². The Labute approximate surface area is 110 Å². The minimum atomic E-state index is -0.693. The maximum absolute atomic E-state index is 12.1. The van der Waals surface area contributed by atoms with Gasteiger partial charge in [-0.3, -0.25) is 4.21 Å². The summed E-state index contributed by atoms with van der Waals surface area (Å²) in [6, 6.07) is 0.354. The van der Waals surface area contributed by atoms with Gasteiger partial charge in [0.1, 0.15) is 0 Å². The maximum Gasteiger partial charge on any atom is 0.0394 e. The molecule has 0 aromatic rings. The Kier molecular flexibility index (Phi) is 8.31. The van der Waals surface area contributed by atoms with E-state index < -0.39 is 10.8 Å². The highest BCUT2D eigenvalue weighted by atomic mass is 32.2. The van der Waals surface area contributed by atoms with Crippen LogP contribution in [0, 0.1) is 11.3 Å². The van der Waals surface area contributed by atoms with Gasteiger partial charge in [-0.05, 0) is 24.3 Å². The SMILES string of the molecule is CCCNC(CS(=O)CC(C)CC)C(C)(C)C. The molecule has 0 saturated heterocycles. The van der Waals surface area contributed by atoms with E-state index in [0.29, 0.717) is 12.0 Å². The molecule has 0 rings (SSSR count). The maximum atomic E-state index is 12.1. The van der Waals surface area contributed by atoms with Crippen LogP contribution in [-0.4, -0.2) is 28.3 Å². The Bertz CT molecular complexity index is 223. The molecule has 0 aliphatic rings. The number of rotatable bonds is 8. The molecular weight excluding hydrogens is 230 g/mol. The Morgan fingerprint density at radius 1 is 1.18 bits per heavy atom. The quantitative estimate of drug-likeness (QED) is 0.727. The van der Waals surface area contributed by atoms with E-state index in [2.05, 4.69) is 46.9 Å². The summed E-state index contributed by atoms with van der Waals surface area (Å²) in [7, 11) is -0.693. The first kappa shape index (κ1) is 17.1. The van der Waals surface area contributed by atoms with Crippen molar-refractivity contribution < 1.29 is 4.21 Å². The van der Waals surface area contributed by atoms with Crippen molar-refractivity contribution in [2.24, 2.45) is 11.3 Å². The molecule has 0 aromatic carbocycles. The molecule has 1 N–H and O–H groups in total. The predicted octanol–water partition coefficient (Wildman–Crippen LogP) is 3.20. The smallest absolute Gasteiger partial charge is 0.0394 e. The molecule has 0 radical (unpaired) electrons. The lowest BCUT2D eigenvalue weighted by Crippen LogP contribution is -2.45. The van der Waals surface area contributed by atoms with Gasteiger partial charge >= 0.3 is 0 Å². The van der Waals surface area contributed by atoms with E-state index in [4.69, 9.17) is 0 Å². The third kappa shape index (κ3) is 7.93. The van der Waals surface area contributed by atoms with E-state index in [0.717, 1.165) is 30.9 Å². The summed E-state index contributed by atoms with van der Waals surface area (Å²) in [4.78, 5) is 0. The normalized spacial score (nSPS) is 17.8. The first-order valence-electron chi connectivity index (χ1n) is 6.89. The van der Waals surface area contributed by atoms with Crippen molar-refractivity contribution in [3.05, 3.63) is 0 Å². The van der Waals surface area contributed by atoms with Crippen LogP contribution in [0.15, 0.2) is 0 Å². The predicted molar refractivity (Wildman–Crippen MR) is 78.9 cm³/mol. The molecule has 17 heavy (non-hydrogen) atoms. The second-order valence-electron chi connectivity index (χ2n) is 6.16. The molecule has 0 aliphatic carbocycles. The van der Waals surface area contributed by atoms with Crippen LogP contribution in [0.1, 0.15) is 54.4 Å². The highest BCUT2D eigenvalue weighted by Gasteiger charge is 2.25. The summed E-state index contributed by atoms with van der Waals surface area (Å²) in [6.07, 6.45) is 2.25. The van der Waals surface area contributed by atoms with Crippen molar-refractivity contribution in [2.75, 3.05) is 18.1 Å². The Hall–Kier alpha value is 0.110. The molecule has 0 fully saturated rings. The molecule has 0 bridgehead atoms. The fourth-order valence-corrected chi connectivity index (χ4v) is 3.62. The standard InChI is InChI=1S/C14H31NOS/c1-7-9-15-13(14(4,5)6)11-17(16)10-12(3)8-2/h12-13,15H,7-11H2,1-6H3. The molecule has 104 valence electrons. The second-order valence-corrected chi connectivity index (χ2v) is 7.71. The van der Waals surface area contributed by atoms with Gasteiger partial charge in [0.15, 0.2) is 0 Å². The highest BCUT2D eigenvalue weighted by Crippen LogP contribution is 2.20. The molecule has 0 spiro atoms. The fraction of sp³-hybridized carbons (Fsp3) is 1.00. The summed E-state index contributed by atoms with van der Waals surface area (Å²) in [5.74, 6) is 2.20. The number of hydrogen-bond donors (Lipinski definition) is 1. The van der Waals surface area contributed by atoms with E-state index in [1.54, 1.807) is 0 Å². The molecule has 2 nitrogen and oxygen atoms in total. The lowest BCUT2D eigenvalue weighted by Gasteiger charge is -2.31. The molecule has 0 aromatic heterocycles. The van der Waals surface area contributed by atoms with Gasteiger partial charge in [0, 0.05) is 28.3 Å². The zero-order valence-corrected chi connectivity index (χ0v) is 13.3. The lowest BCUT2D eigenvalue weighted by molar-refractivity contribution is 0.290. The zero-order chi connectivity index (χ0) is 13.5. The van der Waals surface area contributed by atoms with Gasteiger partial charge in [0.25, 0.3) is 0 Å². The molecule has 3 heteroatoms. The molecule has 0 aliphatic heterocycles. The Morgan fingerprint density at radius 2 is 1.76 bits per heavy atom. The van der Waals surface area contributed by atoms with Crippen molar-refractivity contribution in [3.8, 4) is 0 Å². The summed E-state index contributed by atoms with van der Waals surface area (Å²) in [5.41, 5.74) is 0.181. The van der Waals surface area contributed by atoms with E-state index in [1.807, 2.05) is 0 Å². The van der Waals surface area contributed by atoms with Crippen molar-refractivity contribution in [2.45, 2.75) is 60.4 Å². The van der Waals surface area contributed by atoms with Crippen LogP contribution in [0.5, 0.6) is 0 Å². The lowest BCUT2D eigenvalue weighted by atomic mass is 9.88. The number of nitrogens with one attached hydrogen (secondary N) is 1. The van der Waals surface area contributed by atoms with Crippen LogP contribution < -0.4 is 5.32 Å². The van der Waals surface area contributed by atoms with Gasteiger partial charge < -0.3 is 5.32 Å². The van der Waals surface area contributed by atoms with Gasteiger partial charge in [-0.15, -0.1) is 0 Å². The summed E-state index contributed by atoms with van der Waals surface area (Å²) in [6.45, 7) is 14.2. The Morgan fingerprint density at radius 3 is 2.18 bits per heavy atom. The monoisotopic (exact) mass is 261 g/mol. The topological polar surface area (TPSA) is 29.1 Å². The molecule has 3 unspecified atom stereocenters. The van der Waals surface area contributed by atoms with E-state index in [1.165, 1.54) is 0 Å². The first-order valence-corrected chi connectivity index (χ1v) is 8.38. The minimum absolute atomic E-state index is 0.181. The molecule has 0 saturated carbocycles. The second kappa shape index (κ2) is 8.25. The van der Waals surface area contributed by atoms with E-state index in [9.17, 15) is 4.21 Å². The Balaban J connectivity index is 4.28. The third-order valence-corrected chi connectivity index (χ3v) is 4.85. The summed E-state index contributed by atoms with van der Waals surface area (Å²) in [5, 5.41) is 3.54. The van der Waals surface area contributed by atoms with Gasteiger partial charge in [0.05, 0.1) is 0 Å². The summed E-state index contributed by atoms with van der Waals surface area (Å²) >= 11 is 0. The van der Waals surface area contributed by atoms with Crippen LogP contribution in [0.3, 0.4) is 0 Å². The van der Waals surface area contributed by atoms with Gasteiger partial charge in [-0.25, -0.2) is 0 Å². The van der Waals surface area contributed by atoms with E-state index in [-0.39, 0.29) is 5.41 Å². The third-order valence-electron chi connectivity index (χ3n) is 3.21. The fourth-order valence-electron chi connectivity index (χ4n) is 1.62. The van der Waals surface area contributed by atoms with Crippen LogP contribution in [0.4, 0.5) is 0 Å². The molecule has 3 atom stereocenters. The zero-order valence-electron chi connectivity index (χ0n) is 12.5.